The third-order valence-electron chi connectivity index (χ3n) is 4.96. The minimum Gasteiger partial charge on any atom is -0.480 e. The molecule has 1 amide bonds. The van der Waals surface area contributed by atoms with Crippen LogP contribution < -0.4 is 9.47 Å². The molecule has 3 rings (SSSR count). The van der Waals surface area contributed by atoms with E-state index in [0.717, 1.165) is 5.56 Å². The molecule has 1 saturated heterocycles. The Kier molecular flexibility index (Phi) is 7.70. The van der Waals surface area contributed by atoms with E-state index in [1.807, 2.05) is 6.92 Å². The van der Waals surface area contributed by atoms with Crippen molar-refractivity contribution in [3.63, 3.8) is 0 Å². The van der Waals surface area contributed by atoms with E-state index < -0.39 is 12.6 Å². The standard InChI is InChI=1S/C22H24ClFN2O5/c1-15-11-25(12-16-2-5-18(24)6-3-16)8-9-26(15)21(27)13-30-19-7-4-17(23)10-20(19)31-14-22(28)29/h2-7,10,15H,8-9,11-14H2,1H3,(H,28,29)/t15-/m1/s1. The van der Waals surface area contributed by atoms with Crippen LogP contribution in [0.2, 0.25) is 5.02 Å². The zero-order chi connectivity index (χ0) is 22.4. The first-order valence-electron chi connectivity index (χ1n) is 9.85. The van der Waals surface area contributed by atoms with Crippen molar-refractivity contribution in [1.29, 1.82) is 0 Å². The summed E-state index contributed by atoms with van der Waals surface area (Å²) in [4.78, 5) is 27.4. The average molecular weight is 451 g/mol. The van der Waals surface area contributed by atoms with E-state index in [0.29, 0.717) is 31.2 Å². The smallest absolute Gasteiger partial charge is 0.341 e. The van der Waals surface area contributed by atoms with Crippen LogP contribution in [0, 0.1) is 5.82 Å². The van der Waals surface area contributed by atoms with Gasteiger partial charge in [-0.3, -0.25) is 9.69 Å². The fourth-order valence-corrected chi connectivity index (χ4v) is 3.63. The molecule has 0 saturated carbocycles. The summed E-state index contributed by atoms with van der Waals surface area (Å²) in [5.41, 5.74) is 1.02. The van der Waals surface area contributed by atoms with E-state index >= 15 is 0 Å². The number of benzene rings is 2. The van der Waals surface area contributed by atoms with Gasteiger partial charge in [-0.25, -0.2) is 9.18 Å². The average Bonchev–Trinajstić information content (AvgIpc) is 2.73. The number of amides is 1. The van der Waals surface area contributed by atoms with Crippen molar-refractivity contribution >= 4 is 23.5 Å². The van der Waals surface area contributed by atoms with Crippen LogP contribution in [0.5, 0.6) is 11.5 Å². The summed E-state index contributed by atoms with van der Waals surface area (Å²) in [7, 11) is 0. The second-order valence-corrected chi connectivity index (χ2v) is 7.80. The van der Waals surface area contributed by atoms with Crippen molar-refractivity contribution in [1.82, 2.24) is 9.80 Å². The third kappa shape index (κ3) is 6.57. The van der Waals surface area contributed by atoms with Gasteiger partial charge < -0.3 is 19.5 Å². The van der Waals surface area contributed by atoms with Gasteiger partial charge in [0.1, 0.15) is 5.82 Å². The van der Waals surface area contributed by atoms with Gasteiger partial charge in [0.2, 0.25) is 0 Å². The molecule has 166 valence electrons. The molecule has 0 bridgehead atoms. The maximum atomic E-state index is 13.1. The summed E-state index contributed by atoms with van der Waals surface area (Å²) in [6.07, 6.45) is 0. The highest BCUT2D eigenvalue weighted by molar-refractivity contribution is 6.30. The number of carbonyl (C=O) groups is 2. The Balaban J connectivity index is 1.53. The number of hydrogen-bond donors (Lipinski definition) is 1. The zero-order valence-corrected chi connectivity index (χ0v) is 17.8. The molecule has 1 atom stereocenters. The number of halogens is 2. The van der Waals surface area contributed by atoms with E-state index in [9.17, 15) is 14.0 Å². The number of carboxylic acid groups (broad SMARTS) is 1. The van der Waals surface area contributed by atoms with E-state index in [1.165, 1.54) is 24.3 Å². The number of carbonyl (C=O) groups excluding carboxylic acids is 1. The first-order chi connectivity index (χ1) is 14.8. The summed E-state index contributed by atoms with van der Waals surface area (Å²) >= 11 is 5.93. The lowest BCUT2D eigenvalue weighted by Gasteiger charge is -2.39. The Morgan fingerprint density at radius 2 is 1.81 bits per heavy atom. The molecule has 7 nitrogen and oxygen atoms in total. The number of aliphatic carboxylic acids is 1. The van der Waals surface area contributed by atoms with Crippen LogP contribution in [-0.2, 0) is 16.1 Å². The highest BCUT2D eigenvalue weighted by atomic mass is 35.5. The number of ether oxygens (including phenoxy) is 2. The van der Waals surface area contributed by atoms with Gasteiger partial charge in [-0.05, 0) is 36.8 Å². The molecule has 0 unspecified atom stereocenters. The van der Waals surface area contributed by atoms with Gasteiger partial charge in [-0.1, -0.05) is 23.7 Å². The first-order valence-corrected chi connectivity index (χ1v) is 10.2. The summed E-state index contributed by atoms with van der Waals surface area (Å²) in [5.74, 6) is -1.14. The molecule has 1 fully saturated rings. The maximum Gasteiger partial charge on any atom is 0.341 e. The lowest BCUT2D eigenvalue weighted by Crippen LogP contribution is -2.54. The van der Waals surface area contributed by atoms with Crippen LogP contribution in [0.3, 0.4) is 0 Å². The van der Waals surface area contributed by atoms with Crippen molar-refractivity contribution in [2.75, 3.05) is 32.8 Å². The molecule has 2 aromatic rings. The predicted octanol–water partition coefficient (Wildman–Crippen LogP) is 3.05. The molecular formula is C22H24ClFN2O5. The monoisotopic (exact) mass is 450 g/mol. The minimum absolute atomic E-state index is 0.0155. The maximum absolute atomic E-state index is 13.1. The van der Waals surface area contributed by atoms with E-state index in [4.69, 9.17) is 26.2 Å². The van der Waals surface area contributed by atoms with Gasteiger partial charge in [0.15, 0.2) is 24.7 Å². The van der Waals surface area contributed by atoms with Crippen LogP contribution in [0.1, 0.15) is 12.5 Å². The van der Waals surface area contributed by atoms with Gasteiger partial charge in [0.05, 0.1) is 0 Å². The first kappa shape index (κ1) is 22.8. The molecule has 0 aromatic heterocycles. The van der Waals surface area contributed by atoms with Gasteiger partial charge >= 0.3 is 5.97 Å². The van der Waals surface area contributed by atoms with Crippen LogP contribution in [0.15, 0.2) is 42.5 Å². The fourth-order valence-electron chi connectivity index (χ4n) is 3.47. The summed E-state index contributed by atoms with van der Waals surface area (Å²) in [5, 5.41) is 9.16. The lowest BCUT2D eigenvalue weighted by atomic mass is 10.1. The molecule has 1 heterocycles. The van der Waals surface area contributed by atoms with E-state index in [2.05, 4.69) is 4.90 Å². The number of nitrogens with zero attached hydrogens (tertiary/aromatic N) is 2. The third-order valence-corrected chi connectivity index (χ3v) is 5.19. The fraction of sp³-hybridized carbons (Fsp3) is 0.364. The number of carboxylic acids is 1. The van der Waals surface area contributed by atoms with Crippen molar-refractivity contribution in [3.8, 4) is 11.5 Å². The molecule has 1 aliphatic rings. The van der Waals surface area contributed by atoms with Crippen molar-refractivity contribution in [2.24, 2.45) is 0 Å². The van der Waals surface area contributed by atoms with Gasteiger partial charge in [-0.2, -0.15) is 0 Å². The predicted molar refractivity (Wildman–Crippen MR) is 113 cm³/mol. The lowest BCUT2D eigenvalue weighted by molar-refractivity contribution is -0.140. The molecule has 1 N–H and O–H groups in total. The molecule has 2 aromatic carbocycles. The van der Waals surface area contributed by atoms with Crippen LogP contribution in [0.4, 0.5) is 4.39 Å². The quantitative estimate of drug-likeness (QED) is 0.666. The largest absolute Gasteiger partial charge is 0.480 e. The molecule has 0 aliphatic carbocycles. The number of hydrogen-bond acceptors (Lipinski definition) is 5. The Morgan fingerprint density at radius 1 is 1.10 bits per heavy atom. The Hall–Kier alpha value is -2.84. The summed E-state index contributed by atoms with van der Waals surface area (Å²) < 4.78 is 23.9. The number of piperazine rings is 1. The Labute approximate surface area is 184 Å². The molecule has 0 radical (unpaired) electrons. The molecule has 1 aliphatic heterocycles. The Bertz CT molecular complexity index is 925. The second kappa shape index (κ2) is 10.5. The van der Waals surface area contributed by atoms with Crippen molar-refractivity contribution in [2.45, 2.75) is 19.5 Å². The molecule has 31 heavy (non-hydrogen) atoms. The summed E-state index contributed by atoms with van der Waals surface area (Å²) in [6.45, 7) is 3.85. The SMILES string of the molecule is C[C@@H]1CN(Cc2ccc(F)cc2)CCN1C(=O)COc1ccc(Cl)cc1OCC(=O)O. The normalized spacial score (nSPS) is 16.7. The molecule has 9 heteroatoms. The zero-order valence-electron chi connectivity index (χ0n) is 17.1. The summed E-state index contributed by atoms with van der Waals surface area (Å²) in [6, 6.07) is 11.0. The molecular weight excluding hydrogens is 427 g/mol. The van der Waals surface area contributed by atoms with E-state index in [-0.39, 0.29) is 35.9 Å². The molecule has 0 spiro atoms. The van der Waals surface area contributed by atoms with E-state index in [1.54, 1.807) is 23.1 Å². The highest BCUT2D eigenvalue weighted by Crippen LogP contribution is 2.30. The van der Waals surface area contributed by atoms with Gasteiger partial charge in [0, 0.05) is 43.3 Å². The van der Waals surface area contributed by atoms with Gasteiger partial charge in [-0.15, -0.1) is 0 Å². The number of rotatable bonds is 8. The van der Waals surface area contributed by atoms with Crippen molar-refractivity contribution in [3.05, 3.63) is 58.9 Å². The Morgan fingerprint density at radius 3 is 2.48 bits per heavy atom. The van der Waals surface area contributed by atoms with Crippen LogP contribution >= 0.6 is 11.6 Å². The highest BCUT2D eigenvalue weighted by Gasteiger charge is 2.27. The van der Waals surface area contributed by atoms with Crippen molar-refractivity contribution < 1.29 is 28.6 Å². The minimum atomic E-state index is -1.13. The van der Waals surface area contributed by atoms with Crippen LogP contribution in [-0.4, -0.2) is 65.7 Å². The second-order valence-electron chi connectivity index (χ2n) is 7.36. The topological polar surface area (TPSA) is 79.3 Å². The van der Waals surface area contributed by atoms with Crippen LogP contribution in [0.25, 0.3) is 0 Å². The van der Waals surface area contributed by atoms with Gasteiger partial charge in [0.25, 0.3) is 5.91 Å².